The molecule has 3 nitrogen and oxygen atoms in total. The van der Waals surface area contributed by atoms with Gasteiger partial charge in [0, 0.05) is 24.7 Å². The van der Waals surface area contributed by atoms with Gasteiger partial charge in [-0.2, -0.15) is 0 Å². The van der Waals surface area contributed by atoms with Crippen molar-refractivity contribution in [1.82, 2.24) is 10.2 Å². The fraction of sp³-hybridized carbons (Fsp3) is 0.625. The number of phenols is 1. The second kappa shape index (κ2) is 7.51. The summed E-state index contributed by atoms with van der Waals surface area (Å²) in [7, 11) is 4.19. The summed E-state index contributed by atoms with van der Waals surface area (Å²) in [6.07, 6.45) is 1.14. The first-order valence-corrected chi connectivity index (χ1v) is 7.05. The fourth-order valence-corrected chi connectivity index (χ4v) is 2.35. The lowest BCUT2D eigenvalue weighted by atomic mass is 10.0. The molecule has 0 amide bonds. The van der Waals surface area contributed by atoms with E-state index in [1.807, 2.05) is 25.1 Å². The molecule has 0 saturated carbocycles. The summed E-state index contributed by atoms with van der Waals surface area (Å²) >= 11 is 0. The molecule has 2 N–H and O–H groups in total. The Bertz CT molecular complexity index is 378. The Hall–Kier alpha value is -1.06. The van der Waals surface area contributed by atoms with Crippen molar-refractivity contribution in [3.63, 3.8) is 0 Å². The SMILES string of the molecule is Cc1cccc(CNC(CC(C)C)CN(C)C)c1O. The van der Waals surface area contributed by atoms with Crippen molar-refractivity contribution in [2.75, 3.05) is 20.6 Å². The largest absolute Gasteiger partial charge is 0.507 e. The van der Waals surface area contributed by atoms with Gasteiger partial charge < -0.3 is 15.3 Å². The van der Waals surface area contributed by atoms with Crippen LogP contribution < -0.4 is 5.32 Å². The standard InChI is InChI=1S/C16H28N2O/c1-12(2)9-15(11-18(4)5)17-10-14-8-6-7-13(3)16(14)19/h6-8,12,15,17,19H,9-11H2,1-5H3. The molecule has 0 spiro atoms. The van der Waals surface area contributed by atoms with Crippen LogP contribution in [0.25, 0.3) is 0 Å². The monoisotopic (exact) mass is 264 g/mol. The highest BCUT2D eigenvalue weighted by Gasteiger charge is 2.12. The first-order valence-electron chi connectivity index (χ1n) is 7.05. The Morgan fingerprint density at radius 2 is 1.95 bits per heavy atom. The number of phenolic OH excluding ortho intramolecular Hbond substituents is 1. The Labute approximate surface area is 117 Å². The van der Waals surface area contributed by atoms with Crippen LogP contribution in [0, 0.1) is 12.8 Å². The number of aryl methyl sites for hydroxylation is 1. The first-order chi connectivity index (χ1) is 8.90. The summed E-state index contributed by atoms with van der Waals surface area (Å²) in [5.41, 5.74) is 1.92. The topological polar surface area (TPSA) is 35.5 Å². The van der Waals surface area contributed by atoms with Crippen LogP contribution in [0.5, 0.6) is 5.75 Å². The summed E-state index contributed by atoms with van der Waals surface area (Å²) in [4.78, 5) is 2.20. The van der Waals surface area contributed by atoms with Gasteiger partial charge in [-0.25, -0.2) is 0 Å². The lowest BCUT2D eigenvalue weighted by Crippen LogP contribution is -2.38. The fourth-order valence-electron chi connectivity index (χ4n) is 2.35. The zero-order chi connectivity index (χ0) is 14.4. The molecule has 1 atom stereocenters. The Morgan fingerprint density at radius 1 is 1.26 bits per heavy atom. The number of nitrogens with zero attached hydrogens (tertiary/aromatic N) is 1. The van der Waals surface area contributed by atoms with Crippen LogP contribution in [-0.2, 0) is 6.54 Å². The highest BCUT2D eigenvalue weighted by Crippen LogP contribution is 2.21. The van der Waals surface area contributed by atoms with Crippen molar-refractivity contribution in [2.24, 2.45) is 5.92 Å². The molecule has 0 heterocycles. The quantitative estimate of drug-likeness (QED) is 0.795. The summed E-state index contributed by atoms with van der Waals surface area (Å²) in [5.74, 6) is 1.09. The number of hydrogen-bond acceptors (Lipinski definition) is 3. The van der Waals surface area contributed by atoms with Gasteiger partial charge in [0.05, 0.1) is 0 Å². The number of likely N-dealkylation sites (N-methyl/N-ethyl adjacent to an activating group) is 1. The van der Waals surface area contributed by atoms with Gasteiger partial charge in [0.15, 0.2) is 0 Å². The van der Waals surface area contributed by atoms with Crippen LogP contribution >= 0.6 is 0 Å². The van der Waals surface area contributed by atoms with E-state index in [2.05, 4.69) is 38.2 Å². The molecule has 0 fully saturated rings. The Kier molecular flexibility index (Phi) is 6.32. The smallest absolute Gasteiger partial charge is 0.122 e. The number of nitrogens with one attached hydrogen (secondary N) is 1. The molecule has 1 unspecified atom stereocenters. The number of hydrogen-bond donors (Lipinski definition) is 2. The minimum atomic E-state index is 0.420. The highest BCUT2D eigenvalue weighted by molar-refractivity contribution is 5.39. The summed E-state index contributed by atoms with van der Waals surface area (Å²) in [6.45, 7) is 8.16. The molecule has 0 radical (unpaired) electrons. The Balaban J connectivity index is 2.62. The van der Waals surface area contributed by atoms with E-state index in [0.717, 1.165) is 30.6 Å². The molecule has 1 rings (SSSR count). The van der Waals surface area contributed by atoms with E-state index in [4.69, 9.17) is 0 Å². The average Bonchev–Trinajstić information content (AvgIpc) is 2.29. The van der Waals surface area contributed by atoms with E-state index < -0.39 is 0 Å². The molecule has 19 heavy (non-hydrogen) atoms. The van der Waals surface area contributed by atoms with E-state index in [-0.39, 0.29) is 0 Å². The molecular formula is C16H28N2O. The van der Waals surface area contributed by atoms with Crippen LogP contribution in [0.4, 0.5) is 0 Å². The predicted octanol–water partition coefficient (Wildman–Crippen LogP) is 2.77. The van der Waals surface area contributed by atoms with Gasteiger partial charge in [0.1, 0.15) is 5.75 Å². The number of rotatable bonds is 7. The Morgan fingerprint density at radius 3 is 2.53 bits per heavy atom. The van der Waals surface area contributed by atoms with Crippen LogP contribution in [0.3, 0.4) is 0 Å². The minimum absolute atomic E-state index is 0.420. The van der Waals surface area contributed by atoms with E-state index >= 15 is 0 Å². The second-order valence-electron chi connectivity index (χ2n) is 6.05. The first kappa shape index (κ1) is 16.0. The maximum absolute atomic E-state index is 10.0. The number of aromatic hydroxyl groups is 1. The van der Waals surface area contributed by atoms with Crippen molar-refractivity contribution in [1.29, 1.82) is 0 Å². The van der Waals surface area contributed by atoms with Crippen molar-refractivity contribution in [3.8, 4) is 5.75 Å². The maximum atomic E-state index is 10.0. The second-order valence-corrected chi connectivity index (χ2v) is 6.05. The lowest BCUT2D eigenvalue weighted by Gasteiger charge is -2.24. The van der Waals surface area contributed by atoms with Gasteiger partial charge in [-0.15, -0.1) is 0 Å². The van der Waals surface area contributed by atoms with Gasteiger partial charge in [-0.1, -0.05) is 32.0 Å². The van der Waals surface area contributed by atoms with Crippen molar-refractivity contribution < 1.29 is 5.11 Å². The molecule has 0 aromatic heterocycles. The molecular weight excluding hydrogens is 236 g/mol. The molecule has 1 aromatic rings. The third kappa shape index (κ3) is 5.62. The van der Waals surface area contributed by atoms with Crippen molar-refractivity contribution in [3.05, 3.63) is 29.3 Å². The normalized spacial score (nSPS) is 13.2. The number of benzene rings is 1. The molecule has 108 valence electrons. The summed E-state index contributed by atoms with van der Waals surface area (Å²) in [5, 5.41) is 13.6. The third-order valence-corrected chi connectivity index (χ3v) is 3.24. The molecule has 0 aliphatic rings. The molecule has 0 bridgehead atoms. The van der Waals surface area contributed by atoms with Crippen LogP contribution in [0.1, 0.15) is 31.4 Å². The maximum Gasteiger partial charge on any atom is 0.122 e. The molecule has 1 aromatic carbocycles. The zero-order valence-corrected chi connectivity index (χ0v) is 12.9. The predicted molar refractivity (Wildman–Crippen MR) is 81.5 cm³/mol. The molecule has 0 aliphatic heterocycles. The van der Waals surface area contributed by atoms with Crippen LogP contribution in [0.2, 0.25) is 0 Å². The summed E-state index contributed by atoms with van der Waals surface area (Å²) in [6, 6.07) is 6.37. The molecule has 3 heteroatoms. The minimum Gasteiger partial charge on any atom is -0.507 e. The molecule has 0 saturated heterocycles. The van der Waals surface area contributed by atoms with Gasteiger partial charge >= 0.3 is 0 Å². The lowest BCUT2D eigenvalue weighted by molar-refractivity contribution is 0.304. The average molecular weight is 264 g/mol. The van der Waals surface area contributed by atoms with E-state index in [1.165, 1.54) is 0 Å². The van der Waals surface area contributed by atoms with Gasteiger partial charge in [-0.05, 0) is 38.9 Å². The number of para-hydroxylation sites is 1. The van der Waals surface area contributed by atoms with Gasteiger partial charge in [0.25, 0.3) is 0 Å². The highest BCUT2D eigenvalue weighted by atomic mass is 16.3. The van der Waals surface area contributed by atoms with Crippen molar-refractivity contribution >= 4 is 0 Å². The van der Waals surface area contributed by atoms with E-state index in [0.29, 0.717) is 17.7 Å². The van der Waals surface area contributed by atoms with E-state index in [1.54, 1.807) is 0 Å². The third-order valence-electron chi connectivity index (χ3n) is 3.24. The van der Waals surface area contributed by atoms with Crippen LogP contribution in [0.15, 0.2) is 18.2 Å². The van der Waals surface area contributed by atoms with Crippen LogP contribution in [-0.4, -0.2) is 36.7 Å². The van der Waals surface area contributed by atoms with E-state index in [9.17, 15) is 5.11 Å². The zero-order valence-electron chi connectivity index (χ0n) is 12.9. The summed E-state index contributed by atoms with van der Waals surface area (Å²) < 4.78 is 0. The molecule has 0 aliphatic carbocycles. The van der Waals surface area contributed by atoms with Gasteiger partial charge in [-0.3, -0.25) is 0 Å². The van der Waals surface area contributed by atoms with Crippen molar-refractivity contribution in [2.45, 2.75) is 39.8 Å². The van der Waals surface area contributed by atoms with Gasteiger partial charge in [0.2, 0.25) is 0 Å².